The van der Waals surface area contributed by atoms with Gasteiger partial charge in [-0.25, -0.2) is 4.90 Å². The first-order valence-corrected chi connectivity index (χ1v) is 12.7. The molecule has 0 N–H and O–H groups in total. The van der Waals surface area contributed by atoms with Crippen LogP contribution in [0.15, 0.2) is 72.8 Å². The summed E-state index contributed by atoms with van der Waals surface area (Å²) in [6, 6.07) is 16.0. The summed E-state index contributed by atoms with van der Waals surface area (Å²) < 4.78 is 5.09. The number of rotatable bonds is 5. The third kappa shape index (κ3) is 3.79. The molecule has 40 heavy (non-hydrogen) atoms. The van der Waals surface area contributed by atoms with Gasteiger partial charge >= 0.3 is 5.97 Å². The van der Waals surface area contributed by atoms with Gasteiger partial charge in [0.1, 0.15) is 11.8 Å². The lowest BCUT2D eigenvalue weighted by atomic mass is 9.86. The van der Waals surface area contributed by atoms with Gasteiger partial charge in [0, 0.05) is 30.3 Å². The topological polar surface area (TPSA) is 127 Å². The molecule has 3 aliphatic rings. The number of nitro benzene ring substituents is 1. The van der Waals surface area contributed by atoms with Gasteiger partial charge in [-0.2, -0.15) is 0 Å². The molecule has 10 heteroatoms. The Labute approximate surface area is 228 Å². The number of esters is 1. The quantitative estimate of drug-likeness (QED) is 0.119. The fourth-order valence-electron chi connectivity index (χ4n) is 6.08. The van der Waals surface area contributed by atoms with Crippen LogP contribution in [0.3, 0.4) is 0 Å². The number of anilines is 2. The molecule has 0 saturated carbocycles. The number of nitro groups is 1. The summed E-state index contributed by atoms with van der Waals surface area (Å²) in [4.78, 5) is 67.1. The summed E-state index contributed by atoms with van der Waals surface area (Å²) >= 11 is 0. The zero-order valence-corrected chi connectivity index (χ0v) is 21.5. The molecule has 0 radical (unpaired) electrons. The van der Waals surface area contributed by atoms with Gasteiger partial charge in [0.05, 0.1) is 28.5 Å². The molecular weight excluding hydrogens is 514 g/mol. The molecule has 3 aromatic rings. The molecule has 6 rings (SSSR count). The number of fused-ring (bicyclic) bond motifs is 5. The molecule has 2 saturated heterocycles. The number of ketones is 1. The Balaban J connectivity index is 1.44. The predicted molar refractivity (Wildman–Crippen MR) is 145 cm³/mol. The van der Waals surface area contributed by atoms with Crippen molar-refractivity contribution in [1.82, 2.24) is 0 Å². The van der Waals surface area contributed by atoms with Crippen molar-refractivity contribution in [3.8, 4) is 5.75 Å². The molecule has 0 aliphatic carbocycles. The van der Waals surface area contributed by atoms with Crippen molar-refractivity contribution in [2.75, 3.05) is 9.80 Å². The average molecular weight is 538 g/mol. The molecule has 10 nitrogen and oxygen atoms in total. The van der Waals surface area contributed by atoms with Crippen LogP contribution in [-0.2, 0) is 14.4 Å². The first-order valence-electron chi connectivity index (χ1n) is 12.7. The van der Waals surface area contributed by atoms with Crippen LogP contribution in [-0.4, -0.2) is 40.6 Å². The van der Waals surface area contributed by atoms with Crippen LogP contribution in [0.4, 0.5) is 17.1 Å². The van der Waals surface area contributed by atoms with E-state index in [1.807, 2.05) is 41.3 Å². The van der Waals surface area contributed by atoms with E-state index in [1.54, 1.807) is 6.92 Å². The molecule has 0 spiro atoms. The number of imide groups is 1. The Bertz CT molecular complexity index is 1650. The minimum Gasteiger partial charge on any atom is -0.427 e. The molecule has 0 unspecified atom stereocenters. The molecule has 4 atom stereocenters. The Morgan fingerprint density at radius 3 is 2.30 bits per heavy atom. The van der Waals surface area contributed by atoms with Gasteiger partial charge < -0.3 is 9.64 Å². The SMILES string of the molecule is CC(=O)Oc1ccc(C(=O)[C@@H]2[C@@H]3C(=O)N(c4ccc([N+](=O)[O-])cc4C)C(=O)[C@H]3[C@@H]3C=Cc4ccccc4N23)cc1. The van der Waals surface area contributed by atoms with Crippen molar-refractivity contribution in [3.05, 3.63) is 99.6 Å². The van der Waals surface area contributed by atoms with E-state index in [2.05, 4.69) is 0 Å². The van der Waals surface area contributed by atoms with Crippen LogP contribution in [0.2, 0.25) is 0 Å². The number of hydrogen-bond acceptors (Lipinski definition) is 8. The van der Waals surface area contributed by atoms with E-state index >= 15 is 0 Å². The second-order valence-corrected chi connectivity index (χ2v) is 10.0. The van der Waals surface area contributed by atoms with E-state index in [0.29, 0.717) is 11.1 Å². The number of ether oxygens (including phenoxy) is 1. The van der Waals surface area contributed by atoms with E-state index in [9.17, 15) is 29.3 Å². The largest absolute Gasteiger partial charge is 0.427 e. The third-order valence-electron chi connectivity index (χ3n) is 7.72. The summed E-state index contributed by atoms with van der Waals surface area (Å²) in [7, 11) is 0. The van der Waals surface area contributed by atoms with Crippen LogP contribution < -0.4 is 14.5 Å². The second-order valence-electron chi connectivity index (χ2n) is 10.0. The fourth-order valence-corrected chi connectivity index (χ4v) is 6.08. The first-order chi connectivity index (χ1) is 19.2. The van der Waals surface area contributed by atoms with Gasteiger partial charge in [-0.15, -0.1) is 0 Å². The number of amides is 2. The van der Waals surface area contributed by atoms with E-state index in [4.69, 9.17) is 4.74 Å². The first kappa shape index (κ1) is 25.2. The number of hydrogen-bond donors (Lipinski definition) is 0. The van der Waals surface area contributed by atoms with E-state index < -0.39 is 46.6 Å². The summed E-state index contributed by atoms with van der Waals surface area (Å²) in [5.41, 5.74) is 2.43. The van der Waals surface area contributed by atoms with Crippen molar-refractivity contribution in [1.29, 1.82) is 0 Å². The third-order valence-corrected chi connectivity index (χ3v) is 7.72. The predicted octanol–water partition coefficient (Wildman–Crippen LogP) is 4.10. The number of carbonyl (C=O) groups excluding carboxylic acids is 4. The zero-order chi connectivity index (χ0) is 28.3. The lowest BCUT2D eigenvalue weighted by molar-refractivity contribution is -0.384. The van der Waals surface area contributed by atoms with E-state index in [1.165, 1.54) is 49.4 Å². The average Bonchev–Trinajstić information content (AvgIpc) is 3.41. The Morgan fingerprint density at radius 2 is 1.62 bits per heavy atom. The standard InChI is InChI=1S/C30H23N3O7/c1-16-15-20(33(38)39)10-14-22(16)32-29(36)25-24-13-9-18-5-3-4-6-23(18)31(24)27(26(25)30(32)37)28(35)19-7-11-21(12-8-19)40-17(2)34/h3-15,24-27H,1-2H3/t24-,25-,26+,27-/m0/s1. The number of carbonyl (C=O) groups is 4. The molecule has 3 aromatic carbocycles. The van der Waals surface area contributed by atoms with Crippen LogP contribution in [0.25, 0.3) is 6.08 Å². The number of benzene rings is 3. The summed E-state index contributed by atoms with van der Waals surface area (Å²) in [6.45, 7) is 2.88. The normalized spacial score (nSPS) is 22.6. The number of nitrogens with zero attached hydrogens (tertiary/aromatic N) is 3. The molecule has 0 aromatic heterocycles. The molecule has 2 amide bonds. The highest BCUT2D eigenvalue weighted by Gasteiger charge is 2.64. The van der Waals surface area contributed by atoms with Crippen LogP contribution >= 0.6 is 0 Å². The highest BCUT2D eigenvalue weighted by Crippen LogP contribution is 2.50. The summed E-state index contributed by atoms with van der Waals surface area (Å²) in [6.07, 6.45) is 3.75. The lowest BCUT2D eigenvalue weighted by Crippen LogP contribution is -2.49. The van der Waals surface area contributed by atoms with E-state index in [0.717, 1.165) is 16.2 Å². The molecule has 3 aliphatic heterocycles. The maximum absolute atomic E-state index is 14.1. The van der Waals surface area contributed by atoms with Crippen molar-refractivity contribution < 1.29 is 28.8 Å². The van der Waals surface area contributed by atoms with Crippen molar-refractivity contribution in [2.24, 2.45) is 11.8 Å². The Morgan fingerprint density at radius 1 is 0.925 bits per heavy atom. The highest BCUT2D eigenvalue weighted by atomic mass is 16.6. The molecule has 200 valence electrons. The molecule has 2 fully saturated rings. The van der Waals surface area contributed by atoms with Gasteiger partial charge in [-0.3, -0.25) is 29.3 Å². The van der Waals surface area contributed by atoms with Crippen molar-refractivity contribution in [3.63, 3.8) is 0 Å². The van der Waals surface area contributed by atoms with Crippen LogP contribution in [0.5, 0.6) is 5.75 Å². The van der Waals surface area contributed by atoms with Gasteiger partial charge in [0.15, 0.2) is 5.78 Å². The van der Waals surface area contributed by atoms with Gasteiger partial charge in [-0.1, -0.05) is 30.4 Å². The van der Waals surface area contributed by atoms with E-state index in [-0.39, 0.29) is 22.9 Å². The van der Waals surface area contributed by atoms with Gasteiger partial charge in [0.2, 0.25) is 11.8 Å². The minimum atomic E-state index is -0.986. The van der Waals surface area contributed by atoms with Crippen molar-refractivity contribution >= 4 is 46.7 Å². The van der Waals surface area contributed by atoms with Gasteiger partial charge in [0.25, 0.3) is 5.69 Å². The number of para-hydroxylation sites is 1. The van der Waals surface area contributed by atoms with Crippen LogP contribution in [0.1, 0.15) is 28.4 Å². The number of aryl methyl sites for hydroxylation is 1. The highest BCUT2D eigenvalue weighted by molar-refractivity contribution is 6.26. The van der Waals surface area contributed by atoms with Crippen LogP contribution in [0, 0.1) is 28.9 Å². The zero-order valence-electron chi connectivity index (χ0n) is 21.5. The molecule has 0 bridgehead atoms. The maximum Gasteiger partial charge on any atom is 0.308 e. The number of Topliss-reactive ketones (excluding diaryl/α,β-unsaturated/α-hetero) is 1. The lowest BCUT2D eigenvalue weighted by Gasteiger charge is -2.36. The summed E-state index contributed by atoms with van der Waals surface area (Å²) in [5.74, 6) is -3.35. The molecule has 3 heterocycles. The monoisotopic (exact) mass is 537 g/mol. The smallest absolute Gasteiger partial charge is 0.308 e. The van der Waals surface area contributed by atoms with Gasteiger partial charge in [-0.05, 0) is 54.4 Å². The van der Waals surface area contributed by atoms with Crippen molar-refractivity contribution in [2.45, 2.75) is 25.9 Å². The minimum absolute atomic E-state index is 0.149. The maximum atomic E-state index is 14.1. The molecular formula is C30H23N3O7. The fraction of sp³-hybridized carbons (Fsp3) is 0.200. The summed E-state index contributed by atoms with van der Waals surface area (Å²) in [5, 5.41) is 11.2. The Hall–Kier alpha value is -5.12. The second kappa shape index (κ2) is 9.26. The number of non-ortho nitro benzene ring substituents is 1. The Kier molecular flexibility index (Phi) is 5.83.